The number of carboxylic acids is 1. The molecule has 0 amide bonds. The summed E-state index contributed by atoms with van der Waals surface area (Å²) in [6, 6.07) is 13.8. The van der Waals surface area contributed by atoms with Crippen LogP contribution in [-0.2, 0) is 9.53 Å². The third kappa shape index (κ3) is 6.36. The summed E-state index contributed by atoms with van der Waals surface area (Å²) in [6.45, 7) is 3.73. The lowest BCUT2D eigenvalue weighted by Gasteiger charge is -2.14. The first-order valence-electron chi connectivity index (χ1n) is 12.4. The average Bonchev–Trinajstić information content (AvgIpc) is 3.24. The Morgan fingerprint density at radius 1 is 0.951 bits per heavy atom. The zero-order valence-corrected chi connectivity index (χ0v) is 22.4. The van der Waals surface area contributed by atoms with Crippen LogP contribution in [0, 0.1) is 30.2 Å². The van der Waals surface area contributed by atoms with E-state index in [-0.39, 0.29) is 22.4 Å². The normalized spacial score (nSPS) is 10.8. The number of aryl methyl sites for hydroxylation is 1. The molecule has 0 unspecified atom stereocenters. The maximum Gasteiger partial charge on any atom is 0.300 e. The fourth-order valence-electron chi connectivity index (χ4n) is 4.43. The van der Waals surface area contributed by atoms with E-state index in [1.54, 1.807) is 11.7 Å². The standard InChI is InChI=1S/C28H22F4N4O.C2H4O2/c1-16-4-3-5-19(12-16)36-26(21-9-7-18(30)14-23(21)32)24(20-8-6-17(29)13-22(20)31)25-27(33-10-11-37-2)34-15-35-28(25)36;1-2(3)4/h3-9,12-15H,10-11H2,1-2H3,(H,33,34,35);1H3,(H,3,4). The Balaban J connectivity index is 0.000000909. The number of ether oxygens (including phenoxy) is 1. The molecular formula is C30H26F4N4O3. The molecule has 0 fully saturated rings. The lowest BCUT2D eigenvalue weighted by atomic mass is 9.97. The number of benzene rings is 3. The van der Waals surface area contributed by atoms with Crippen molar-refractivity contribution in [3.63, 3.8) is 0 Å². The molecule has 0 radical (unpaired) electrons. The quantitative estimate of drug-likeness (QED) is 0.167. The smallest absolute Gasteiger partial charge is 0.300 e. The minimum Gasteiger partial charge on any atom is -0.481 e. The molecule has 0 saturated carbocycles. The molecular weight excluding hydrogens is 540 g/mol. The van der Waals surface area contributed by atoms with Crippen LogP contribution in [0.3, 0.4) is 0 Å². The van der Waals surface area contributed by atoms with Crippen LogP contribution in [0.25, 0.3) is 39.1 Å². The van der Waals surface area contributed by atoms with Gasteiger partial charge < -0.3 is 15.2 Å². The molecule has 0 aliphatic rings. The van der Waals surface area contributed by atoms with Crippen molar-refractivity contribution in [1.82, 2.24) is 14.5 Å². The van der Waals surface area contributed by atoms with E-state index in [0.29, 0.717) is 35.7 Å². The van der Waals surface area contributed by atoms with Crippen molar-refractivity contribution in [3.05, 3.63) is 95.8 Å². The molecule has 2 N–H and O–H groups in total. The van der Waals surface area contributed by atoms with Gasteiger partial charge in [0.05, 0.1) is 17.7 Å². The molecule has 0 aliphatic heterocycles. The van der Waals surface area contributed by atoms with E-state index in [0.717, 1.165) is 36.8 Å². The number of hydrogen-bond acceptors (Lipinski definition) is 5. The van der Waals surface area contributed by atoms with Gasteiger partial charge in [-0.25, -0.2) is 27.5 Å². The Kier molecular flexibility index (Phi) is 8.98. The van der Waals surface area contributed by atoms with Gasteiger partial charge in [-0.05, 0) is 48.9 Å². The summed E-state index contributed by atoms with van der Waals surface area (Å²) in [5.74, 6) is -3.68. The van der Waals surface area contributed by atoms with Gasteiger partial charge in [-0.15, -0.1) is 0 Å². The summed E-state index contributed by atoms with van der Waals surface area (Å²) in [5.41, 5.74) is 2.39. The summed E-state index contributed by atoms with van der Waals surface area (Å²) < 4.78 is 65.4. The van der Waals surface area contributed by atoms with E-state index in [1.807, 2.05) is 31.2 Å². The third-order valence-corrected chi connectivity index (χ3v) is 5.99. The first kappa shape index (κ1) is 29.2. The van der Waals surface area contributed by atoms with E-state index < -0.39 is 29.2 Å². The van der Waals surface area contributed by atoms with Gasteiger partial charge in [0.25, 0.3) is 5.97 Å². The van der Waals surface area contributed by atoms with E-state index in [9.17, 15) is 8.78 Å². The summed E-state index contributed by atoms with van der Waals surface area (Å²) in [4.78, 5) is 17.9. The Morgan fingerprint density at radius 2 is 1.59 bits per heavy atom. The van der Waals surface area contributed by atoms with Crippen LogP contribution in [0.2, 0.25) is 0 Å². The summed E-state index contributed by atoms with van der Waals surface area (Å²) in [6.07, 6.45) is 1.35. The number of rotatable bonds is 7. The van der Waals surface area contributed by atoms with Crippen molar-refractivity contribution >= 4 is 22.8 Å². The molecule has 5 rings (SSSR count). The van der Waals surface area contributed by atoms with Gasteiger partial charge in [0.2, 0.25) is 0 Å². The maximum atomic E-state index is 15.4. The number of halogens is 4. The largest absolute Gasteiger partial charge is 0.481 e. The van der Waals surface area contributed by atoms with E-state index in [2.05, 4.69) is 15.3 Å². The van der Waals surface area contributed by atoms with Gasteiger partial charge in [0.1, 0.15) is 35.4 Å². The Labute approximate surface area is 233 Å². The fourth-order valence-corrected chi connectivity index (χ4v) is 4.43. The minimum atomic E-state index is -0.848. The van der Waals surface area contributed by atoms with Gasteiger partial charge >= 0.3 is 0 Å². The number of fused-ring (bicyclic) bond motifs is 1. The molecule has 212 valence electrons. The van der Waals surface area contributed by atoms with Crippen LogP contribution in [-0.4, -0.2) is 45.9 Å². The van der Waals surface area contributed by atoms with Crippen LogP contribution < -0.4 is 5.32 Å². The van der Waals surface area contributed by atoms with Crippen LogP contribution in [0.15, 0.2) is 67.0 Å². The van der Waals surface area contributed by atoms with Crippen molar-refractivity contribution in [3.8, 4) is 28.1 Å². The second-order valence-electron chi connectivity index (χ2n) is 9.01. The molecule has 0 bridgehead atoms. The number of nitrogens with one attached hydrogen (secondary N) is 1. The van der Waals surface area contributed by atoms with E-state index in [1.165, 1.54) is 18.5 Å². The van der Waals surface area contributed by atoms with Crippen molar-refractivity contribution in [2.75, 3.05) is 25.6 Å². The molecule has 11 heteroatoms. The second-order valence-corrected chi connectivity index (χ2v) is 9.01. The molecule has 2 heterocycles. The highest BCUT2D eigenvalue weighted by atomic mass is 19.1. The Hall–Kier alpha value is -4.77. The Morgan fingerprint density at radius 3 is 2.17 bits per heavy atom. The monoisotopic (exact) mass is 566 g/mol. The second kappa shape index (κ2) is 12.6. The van der Waals surface area contributed by atoms with Crippen LogP contribution in [0.5, 0.6) is 0 Å². The van der Waals surface area contributed by atoms with Gasteiger partial charge in [-0.3, -0.25) is 9.36 Å². The van der Waals surface area contributed by atoms with Crippen LogP contribution in [0.1, 0.15) is 12.5 Å². The maximum absolute atomic E-state index is 15.4. The molecule has 7 nitrogen and oxygen atoms in total. The molecule has 0 atom stereocenters. The molecule has 0 aliphatic carbocycles. The van der Waals surface area contributed by atoms with Gasteiger partial charge in [-0.1, -0.05) is 12.1 Å². The zero-order chi connectivity index (χ0) is 29.7. The number of aliphatic carboxylic acids is 1. The van der Waals surface area contributed by atoms with Gasteiger partial charge in [0.15, 0.2) is 5.65 Å². The predicted molar refractivity (Wildman–Crippen MR) is 148 cm³/mol. The number of hydrogen-bond donors (Lipinski definition) is 2. The van der Waals surface area contributed by atoms with Crippen molar-refractivity contribution in [2.24, 2.45) is 0 Å². The summed E-state index contributed by atoms with van der Waals surface area (Å²) in [5, 5.41) is 11.0. The van der Waals surface area contributed by atoms with Gasteiger partial charge in [-0.2, -0.15) is 0 Å². The molecule has 0 saturated heterocycles. The molecule has 3 aromatic carbocycles. The molecule has 0 spiro atoms. The van der Waals surface area contributed by atoms with Crippen molar-refractivity contribution < 1.29 is 32.2 Å². The lowest BCUT2D eigenvalue weighted by molar-refractivity contribution is -0.134. The average molecular weight is 567 g/mol. The summed E-state index contributed by atoms with van der Waals surface area (Å²) in [7, 11) is 1.56. The fraction of sp³-hybridized carbons (Fsp3) is 0.167. The number of aromatic nitrogens is 3. The molecule has 2 aromatic heterocycles. The predicted octanol–water partition coefficient (Wildman–Crippen LogP) is 6.77. The van der Waals surface area contributed by atoms with Crippen LogP contribution >= 0.6 is 0 Å². The number of anilines is 1. The van der Waals surface area contributed by atoms with Gasteiger partial charge in [0, 0.05) is 55.1 Å². The van der Waals surface area contributed by atoms with Crippen molar-refractivity contribution in [2.45, 2.75) is 13.8 Å². The first-order chi connectivity index (χ1) is 19.6. The van der Waals surface area contributed by atoms with E-state index in [4.69, 9.17) is 14.6 Å². The third-order valence-electron chi connectivity index (χ3n) is 5.99. The highest BCUT2D eigenvalue weighted by molar-refractivity contribution is 6.09. The van der Waals surface area contributed by atoms with E-state index >= 15 is 8.78 Å². The number of methoxy groups -OCH3 is 1. The minimum absolute atomic E-state index is 0.0149. The number of carbonyl (C=O) groups is 1. The lowest BCUT2D eigenvalue weighted by Crippen LogP contribution is -2.09. The highest BCUT2D eigenvalue weighted by Gasteiger charge is 2.28. The molecule has 5 aromatic rings. The van der Waals surface area contributed by atoms with Crippen LogP contribution in [0.4, 0.5) is 23.4 Å². The zero-order valence-electron chi connectivity index (χ0n) is 22.4. The first-order valence-corrected chi connectivity index (χ1v) is 12.4. The van der Waals surface area contributed by atoms with Crippen molar-refractivity contribution in [1.29, 1.82) is 0 Å². The molecule has 41 heavy (non-hydrogen) atoms. The summed E-state index contributed by atoms with van der Waals surface area (Å²) >= 11 is 0. The highest BCUT2D eigenvalue weighted by Crippen LogP contribution is 2.45. The Bertz CT molecular complexity index is 1720. The SMILES string of the molecule is CC(=O)O.COCCNc1ncnc2c1c(-c1ccc(F)cc1F)c(-c1ccc(F)cc1F)n2-c1cccc(C)c1. The topological polar surface area (TPSA) is 89.3 Å². The number of carboxylic acid groups (broad SMARTS) is 1. The number of nitrogens with zero attached hydrogens (tertiary/aromatic N) is 3.